The van der Waals surface area contributed by atoms with Crippen LogP contribution in [0.3, 0.4) is 0 Å². The Hall–Kier alpha value is -0.310. The Morgan fingerprint density at radius 2 is 1.88 bits per heavy atom. The molecule has 0 atom stereocenters. The maximum atomic E-state index is 11.7. The van der Waals surface area contributed by atoms with Gasteiger partial charge in [0.1, 0.15) is 0 Å². The standard InChI is InChI=1S/C9H19N3O3S2/c1-17(14,15)12-5-3-11(4-6-12)9(13)8-16-7-2-10/h2-8,10H2,1H3. The Balaban J connectivity index is 2.34. The summed E-state index contributed by atoms with van der Waals surface area (Å²) < 4.78 is 24.0. The number of sulfonamides is 1. The van der Waals surface area contributed by atoms with E-state index in [0.29, 0.717) is 38.5 Å². The lowest BCUT2D eigenvalue weighted by Crippen LogP contribution is -2.50. The number of hydrogen-bond donors (Lipinski definition) is 1. The number of piperazine rings is 1. The molecule has 0 aromatic rings. The van der Waals surface area contributed by atoms with Crippen LogP contribution in [-0.2, 0) is 14.8 Å². The number of rotatable bonds is 5. The summed E-state index contributed by atoms with van der Waals surface area (Å²) in [7, 11) is -3.12. The van der Waals surface area contributed by atoms with Crippen molar-refractivity contribution in [3.63, 3.8) is 0 Å². The molecular weight excluding hydrogens is 262 g/mol. The molecule has 1 aliphatic heterocycles. The molecule has 0 bridgehead atoms. The van der Waals surface area contributed by atoms with Gasteiger partial charge in [-0.1, -0.05) is 0 Å². The fourth-order valence-electron chi connectivity index (χ4n) is 1.60. The minimum Gasteiger partial charge on any atom is -0.339 e. The second-order valence-electron chi connectivity index (χ2n) is 3.88. The van der Waals surface area contributed by atoms with Gasteiger partial charge in [-0.05, 0) is 0 Å². The Morgan fingerprint density at radius 3 is 2.35 bits per heavy atom. The van der Waals surface area contributed by atoms with Gasteiger partial charge in [0.15, 0.2) is 0 Å². The zero-order valence-electron chi connectivity index (χ0n) is 9.96. The van der Waals surface area contributed by atoms with Crippen molar-refractivity contribution in [2.75, 3.05) is 50.5 Å². The van der Waals surface area contributed by atoms with Crippen LogP contribution in [0.25, 0.3) is 0 Å². The molecular formula is C9H19N3O3S2. The van der Waals surface area contributed by atoms with Crippen molar-refractivity contribution < 1.29 is 13.2 Å². The molecule has 1 heterocycles. The lowest BCUT2D eigenvalue weighted by Gasteiger charge is -2.33. The van der Waals surface area contributed by atoms with Gasteiger partial charge in [0, 0.05) is 38.5 Å². The fourth-order valence-corrected chi connectivity index (χ4v) is 3.10. The number of hydrogen-bond acceptors (Lipinski definition) is 5. The molecule has 0 spiro atoms. The molecule has 1 rings (SSSR count). The number of thioether (sulfide) groups is 1. The summed E-state index contributed by atoms with van der Waals surface area (Å²) in [5, 5.41) is 0. The molecule has 0 saturated carbocycles. The van der Waals surface area contributed by atoms with Gasteiger partial charge in [-0.15, -0.1) is 0 Å². The molecule has 1 fully saturated rings. The van der Waals surface area contributed by atoms with Gasteiger partial charge in [-0.25, -0.2) is 8.42 Å². The van der Waals surface area contributed by atoms with E-state index in [0.717, 1.165) is 5.75 Å². The van der Waals surface area contributed by atoms with E-state index in [1.165, 1.54) is 22.3 Å². The first-order valence-corrected chi connectivity index (χ1v) is 8.46. The van der Waals surface area contributed by atoms with Crippen LogP contribution in [0.2, 0.25) is 0 Å². The predicted molar refractivity (Wildman–Crippen MR) is 69.4 cm³/mol. The highest BCUT2D eigenvalue weighted by Gasteiger charge is 2.25. The van der Waals surface area contributed by atoms with Crippen LogP contribution in [0.1, 0.15) is 0 Å². The monoisotopic (exact) mass is 281 g/mol. The molecule has 6 nitrogen and oxygen atoms in total. The number of carbonyl (C=O) groups is 1. The molecule has 8 heteroatoms. The molecule has 0 aromatic heterocycles. The average molecular weight is 281 g/mol. The zero-order chi connectivity index (χ0) is 12.9. The Labute approximate surface area is 107 Å². The first-order chi connectivity index (χ1) is 7.95. The van der Waals surface area contributed by atoms with Crippen molar-refractivity contribution in [3.05, 3.63) is 0 Å². The van der Waals surface area contributed by atoms with Crippen LogP contribution in [0, 0.1) is 0 Å². The lowest BCUT2D eigenvalue weighted by molar-refractivity contribution is -0.129. The predicted octanol–water partition coefficient (Wildman–Crippen LogP) is -1.22. The van der Waals surface area contributed by atoms with Crippen LogP contribution in [0.5, 0.6) is 0 Å². The first kappa shape index (κ1) is 14.7. The highest BCUT2D eigenvalue weighted by Crippen LogP contribution is 2.08. The Kier molecular flexibility index (Phi) is 5.71. The summed E-state index contributed by atoms with van der Waals surface area (Å²) in [6, 6.07) is 0. The molecule has 2 N–H and O–H groups in total. The number of carbonyl (C=O) groups excluding carboxylic acids is 1. The second kappa shape index (κ2) is 6.58. The fraction of sp³-hybridized carbons (Fsp3) is 0.889. The van der Waals surface area contributed by atoms with Crippen molar-refractivity contribution >= 4 is 27.7 Å². The van der Waals surface area contributed by atoms with E-state index in [9.17, 15) is 13.2 Å². The third-order valence-corrected chi connectivity index (χ3v) is 4.83. The molecule has 1 saturated heterocycles. The molecule has 0 unspecified atom stereocenters. The smallest absolute Gasteiger partial charge is 0.232 e. The molecule has 0 aromatic carbocycles. The van der Waals surface area contributed by atoms with Gasteiger partial charge < -0.3 is 10.6 Å². The van der Waals surface area contributed by atoms with Crippen LogP contribution < -0.4 is 5.73 Å². The SMILES string of the molecule is CS(=O)(=O)N1CCN(C(=O)CSCCN)CC1. The van der Waals surface area contributed by atoms with Crippen molar-refractivity contribution in [2.45, 2.75) is 0 Å². The zero-order valence-corrected chi connectivity index (χ0v) is 11.6. The minimum atomic E-state index is -3.12. The highest BCUT2D eigenvalue weighted by molar-refractivity contribution is 7.99. The number of amides is 1. The summed E-state index contributed by atoms with van der Waals surface area (Å²) in [6.45, 7) is 2.32. The molecule has 0 radical (unpaired) electrons. The van der Waals surface area contributed by atoms with Crippen LogP contribution in [-0.4, -0.2) is 74.0 Å². The number of nitrogens with zero attached hydrogens (tertiary/aromatic N) is 2. The molecule has 17 heavy (non-hydrogen) atoms. The minimum absolute atomic E-state index is 0.0663. The Morgan fingerprint density at radius 1 is 1.29 bits per heavy atom. The van der Waals surface area contributed by atoms with Crippen LogP contribution in [0.15, 0.2) is 0 Å². The van der Waals surface area contributed by atoms with Gasteiger partial charge in [-0.2, -0.15) is 16.1 Å². The third kappa shape index (κ3) is 4.82. The normalized spacial score (nSPS) is 18.4. The number of nitrogens with two attached hydrogens (primary N) is 1. The van der Waals surface area contributed by atoms with Crippen LogP contribution in [0.4, 0.5) is 0 Å². The quantitative estimate of drug-likeness (QED) is 0.639. The maximum Gasteiger partial charge on any atom is 0.232 e. The Bertz CT molecular complexity index is 350. The van der Waals surface area contributed by atoms with Gasteiger partial charge in [0.05, 0.1) is 12.0 Å². The van der Waals surface area contributed by atoms with Crippen molar-refractivity contribution in [1.82, 2.24) is 9.21 Å². The van der Waals surface area contributed by atoms with Crippen LogP contribution >= 0.6 is 11.8 Å². The van der Waals surface area contributed by atoms with Crippen molar-refractivity contribution in [1.29, 1.82) is 0 Å². The van der Waals surface area contributed by atoms with E-state index >= 15 is 0 Å². The van der Waals surface area contributed by atoms with E-state index < -0.39 is 10.0 Å². The molecule has 1 amide bonds. The van der Waals surface area contributed by atoms with Gasteiger partial charge in [-0.3, -0.25) is 4.79 Å². The van der Waals surface area contributed by atoms with Crippen molar-refractivity contribution in [3.8, 4) is 0 Å². The summed E-state index contributed by atoms with van der Waals surface area (Å²) >= 11 is 1.51. The highest BCUT2D eigenvalue weighted by atomic mass is 32.2. The summed E-state index contributed by atoms with van der Waals surface area (Å²) in [4.78, 5) is 13.4. The average Bonchev–Trinajstić information content (AvgIpc) is 2.28. The van der Waals surface area contributed by atoms with E-state index in [1.807, 2.05) is 0 Å². The largest absolute Gasteiger partial charge is 0.339 e. The lowest BCUT2D eigenvalue weighted by atomic mass is 10.3. The summed E-state index contributed by atoms with van der Waals surface area (Å²) in [5.74, 6) is 1.27. The van der Waals surface area contributed by atoms with E-state index in [4.69, 9.17) is 5.73 Å². The molecule has 0 aliphatic carbocycles. The summed E-state index contributed by atoms with van der Waals surface area (Å²) in [6.07, 6.45) is 1.20. The van der Waals surface area contributed by atoms with Gasteiger partial charge >= 0.3 is 0 Å². The van der Waals surface area contributed by atoms with E-state index in [1.54, 1.807) is 4.90 Å². The topological polar surface area (TPSA) is 83.7 Å². The van der Waals surface area contributed by atoms with Gasteiger partial charge in [0.25, 0.3) is 0 Å². The third-order valence-electron chi connectivity index (χ3n) is 2.55. The second-order valence-corrected chi connectivity index (χ2v) is 6.97. The van der Waals surface area contributed by atoms with Crippen molar-refractivity contribution in [2.24, 2.45) is 5.73 Å². The maximum absolute atomic E-state index is 11.7. The molecule has 1 aliphatic rings. The van der Waals surface area contributed by atoms with Gasteiger partial charge in [0.2, 0.25) is 15.9 Å². The molecule has 100 valence electrons. The first-order valence-electron chi connectivity index (χ1n) is 5.46. The van der Waals surface area contributed by atoms with E-state index in [-0.39, 0.29) is 5.91 Å². The van der Waals surface area contributed by atoms with E-state index in [2.05, 4.69) is 0 Å². The summed E-state index contributed by atoms with van der Waals surface area (Å²) in [5.41, 5.74) is 5.34.